The van der Waals surface area contributed by atoms with Crippen LogP contribution in [0, 0.1) is 5.92 Å². The monoisotopic (exact) mass is 324 g/mol. The molecule has 1 aliphatic heterocycles. The van der Waals surface area contributed by atoms with Crippen LogP contribution in [0.4, 0.5) is 5.69 Å². The number of rotatable bonds is 4. The van der Waals surface area contributed by atoms with E-state index in [4.69, 9.17) is 0 Å². The van der Waals surface area contributed by atoms with Crippen molar-refractivity contribution < 1.29 is 9.90 Å². The normalized spacial score (nSPS) is 16.6. The first-order chi connectivity index (χ1) is 11.6. The summed E-state index contributed by atoms with van der Waals surface area (Å²) >= 11 is 0. The Morgan fingerprint density at radius 1 is 1.21 bits per heavy atom. The van der Waals surface area contributed by atoms with Crippen molar-refractivity contribution in [3.8, 4) is 0 Å². The first-order valence-corrected chi connectivity index (χ1v) is 8.33. The van der Waals surface area contributed by atoms with Gasteiger partial charge in [0.15, 0.2) is 0 Å². The number of hydrogen-bond donors (Lipinski definition) is 1. The third-order valence-corrected chi connectivity index (χ3v) is 4.53. The van der Waals surface area contributed by atoms with Crippen LogP contribution in [0.25, 0.3) is 0 Å². The summed E-state index contributed by atoms with van der Waals surface area (Å²) in [5, 5.41) is 9.60. The summed E-state index contributed by atoms with van der Waals surface area (Å²) < 4.78 is 0. The molecule has 0 radical (unpaired) electrons. The minimum atomic E-state index is 0.0177. The summed E-state index contributed by atoms with van der Waals surface area (Å²) in [5.41, 5.74) is 4.33. The van der Waals surface area contributed by atoms with Crippen LogP contribution in [0.3, 0.4) is 0 Å². The molecule has 2 aromatic rings. The Morgan fingerprint density at radius 2 is 2.00 bits per heavy atom. The predicted octanol–water partition coefficient (Wildman–Crippen LogP) is 2.56. The van der Waals surface area contributed by atoms with Gasteiger partial charge in [-0.1, -0.05) is 30.3 Å². The van der Waals surface area contributed by atoms with E-state index in [1.165, 1.54) is 11.3 Å². The zero-order valence-corrected chi connectivity index (χ0v) is 14.3. The van der Waals surface area contributed by atoms with Gasteiger partial charge in [0.2, 0.25) is 0 Å². The molecule has 2 aromatic carbocycles. The Kier molecular flexibility index (Phi) is 4.86. The molecule has 4 nitrogen and oxygen atoms in total. The van der Waals surface area contributed by atoms with Gasteiger partial charge in [-0.25, -0.2) is 0 Å². The van der Waals surface area contributed by atoms with E-state index in [9.17, 15) is 9.90 Å². The van der Waals surface area contributed by atoms with Gasteiger partial charge in [-0.3, -0.25) is 4.79 Å². The number of benzene rings is 2. The van der Waals surface area contributed by atoms with Crippen molar-refractivity contribution >= 4 is 11.6 Å². The Balaban J connectivity index is 1.85. The van der Waals surface area contributed by atoms with Gasteiger partial charge in [0.05, 0.1) is 0 Å². The fourth-order valence-corrected chi connectivity index (χ4v) is 3.33. The lowest BCUT2D eigenvalue weighted by atomic mass is 9.92. The molecule has 1 unspecified atom stereocenters. The highest BCUT2D eigenvalue weighted by molar-refractivity contribution is 5.94. The number of aliphatic hydroxyl groups is 1. The number of hydrogen-bond acceptors (Lipinski definition) is 3. The van der Waals surface area contributed by atoms with Gasteiger partial charge in [-0.05, 0) is 35.7 Å². The molecule has 24 heavy (non-hydrogen) atoms. The van der Waals surface area contributed by atoms with Gasteiger partial charge in [-0.2, -0.15) is 0 Å². The Labute approximate surface area is 143 Å². The first kappa shape index (κ1) is 16.5. The van der Waals surface area contributed by atoms with Crippen molar-refractivity contribution in [2.24, 2.45) is 5.92 Å². The van der Waals surface area contributed by atoms with E-state index in [2.05, 4.69) is 29.2 Å². The number of nitrogens with zero attached hydrogens (tertiary/aromatic N) is 2. The van der Waals surface area contributed by atoms with Crippen LogP contribution in [0.15, 0.2) is 48.5 Å². The average Bonchev–Trinajstić information content (AvgIpc) is 2.61. The van der Waals surface area contributed by atoms with Gasteiger partial charge in [-0.15, -0.1) is 0 Å². The second-order valence-electron chi connectivity index (χ2n) is 6.66. The van der Waals surface area contributed by atoms with Crippen molar-refractivity contribution in [3.05, 3.63) is 65.2 Å². The molecule has 0 aliphatic carbocycles. The molecule has 1 aliphatic rings. The van der Waals surface area contributed by atoms with Crippen LogP contribution in [-0.4, -0.2) is 43.2 Å². The van der Waals surface area contributed by atoms with Crippen molar-refractivity contribution in [2.75, 3.05) is 32.1 Å². The van der Waals surface area contributed by atoms with Crippen molar-refractivity contribution in [1.29, 1.82) is 0 Å². The van der Waals surface area contributed by atoms with Crippen LogP contribution in [0.5, 0.6) is 0 Å². The fourth-order valence-electron chi connectivity index (χ4n) is 3.33. The fraction of sp³-hybridized carbons (Fsp3) is 0.350. The molecule has 0 saturated carbocycles. The third-order valence-electron chi connectivity index (χ3n) is 4.53. The van der Waals surface area contributed by atoms with Crippen molar-refractivity contribution in [3.63, 3.8) is 0 Å². The van der Waals surface area contributed by atoms with E-state index in [1.54, 1.807) is 19.0 Å². The largest absolute Gasteiger partial charge is 0.396 e. The number of carbonyl (C=O) groups excluding carboxylic acids is 1. The SMILES string of the molecule is CN(C)C(=O)c1cccc(CN2CC(CO)Cc3ccccc32)c1. The third kappa shape index (κ3) is 3.44. The highest BCUT2D eigenvalue weighted by Gasteiger charge is 2.23. The molecule has 0 bridgehead atoms. The molecule has 4 heteroatoms. The van der Waals surface area contributed by atoms with Crippen molar-refractivity contribution in [2.45, 2.75) is 13.0 Å². The van der Waals surface area contributed by atoms with E-state index < -0.39 is 0 Å². The van der Waals surface area contributed by atoms with Gasteiger partial charge in [0, 0.05) is 51.0 Å². The summed E-state index contributed by atoms with van der Waals surface area (Å²) in [5.74, 6) is 0.274. The lowest BCUT2D eigenvalue weighted by molar-refractivity contribution is 0.0827. The second kappa shape index (κ2) is 7.05. The van der Waals surface area contributed by atoms with Crippen LogP contribution in [0.1, 0.15) is 21.5 Å². The minimum absolute atomic E-state index is 0.0177. The smallest absolute Gasteiger partial charge is 0.253 e. The molecule has 126 valence electrons. The maximum absolute atomic E-state index is 12.2. The minimum Gasteiger partial charge on any atom is -0.396 e. The van der Waals surface area contributed by atoms with Gasteiger partial charge in [0.25, 0.3) is 5.91 Å². The van der Waals surface area contributed by atoms with Crippen LogP contribution in [-0.2, 0) is 13.0 Å². The zero-order chi connectivity index (χ0) is 17.1. The number of amides is 1. The maximum Gasteiger partial charge on any atom is 0.253 e. The molecular weight excluding hydrogens is 300 g/mol. The van der Waals surface area contributed by atoms with E-state index in [0.717, 1.165) is 25.1 Å². The molecule has 1 N–H and O–H groups in total. The summed E-state index contributed by atoms with van der Waals surface area (Å²) in [7, 11) is 3.53. The highest BCUT2D eigenvalue weighted by Crippen LogP contribution is 2.30. The maximum atomic E-state index is 12.2. The number of fused-ring (bicyclic) bond motifs is 1. The molecule has 0 spiro atoms. The average molecular weight is 324 g/mol. The molecule has 0 saturated heterocycles. The highest BCUT2D eigenvalue weighted by atomic mass is 16.3. The van der Waals surface area contributed by atoms with E-state index in [-0.39, 0.29) is 18.4 Å². The van der Waals surface area contributed by atoms with E-state index in [1.807, 2.05) is 24.3 Å². The second-order valence-corrected chi connectivity index (χ2v) is 6.66. The van der Waals surface area contributed by atoms with Crippen LogP contribution < -0.4 is 4.90 Å². The summed E-state index contributed by atoms with van der Waals surface area (Å²) in [6.45, 7) is 1.77. The standard InChI is InChI=1S/C20H24N2O2/c1-21(2)20(24)18-8-5-6-15(10-18)12-22-13-16(14-23)11-17-7-3-4-9-19(17)22/h3-10,16,23H,11-14H2,1-2H3. The summed E-state index contributed by atoms with van der Waals surface area (Å²) in [6, 6.07) is 16.2. The molecule has 0 aromatic heterocycles. The number of aliphatic hydroxyl groups excluding tert-OH is 1. The zero-order valence-electron chi connectivity index (χ0n) is 14.3. The molecular formula is C20H24N2O2. The van der Waals surface area contributed by atoms with E-state index in [0.29, 0.717) is 5.56 Å². The Morgan fingerprint density at radius 3 is 2.75 bits per heavy atom. The molecule has 3 rings (SSSR count). The van der Waals surface area contributed by atoms with Crippen molar-refractivity contribution in [1.82, 2.24) is 4.90 Å². The van der Waals surface area contributed by atoms with Gasteiger partial charge < -0.3 is 14.9 Å². The van der Waals surface area contributed by atoms with Gasteiger partial charge in [0.1, 0.15) is 0 Å². The summed E-state index contributed by atoms with van der Waals surface area (Å²) in [6.07, 6.45) is 0.919. The van der Waals surface area contributed by atoms with Crippen LogP contribution in [0.2, 0.25) is 0 Å². The van der Waals surface area contributed by atoms with Gasteiger partial charge >= 0.3 is 0 Å². The molecule has 1 heterocycles. The Bertz CT molecular complexity index is 727. The quantitative estimate of drug-likeness (QED) is 0.940. The first-order valence-electron chi connectivity index (χ1n) is 8.33. The summed E-state index contributed by atoms with van der Waals surface area (Å²) in [4.78, 5) is 16.1. The number of anilines is 1. The van der Waals surface area contributed by atoms with Crippen LogP contribution >= 0.6 is 0 Å². The molecule has 1 amide bonds. The molecule has 1 atom stereocenters. The lowest BCUT2D eigenvalue weighted by Gasteiger charge is -2.35. The topological polar surface area (TPSA) is 43.8 Å². The number of para-hydroxylation sites is 1. The molecule has 0 fully saturated rings. The van der Waals surface area contributed by atoms with E-state index >= 15 is 0 Å². The predicted molar refractivity (Wildman–Crippen MR) is 96.2 cm³/mol. The Hall–Kier alpha value is -2.33. The number of carbonyl (C=O) groups is 1. The lowest BCUT2D eigenvalue weighted by Crippen LogP contribution is -2.36.